The fraction of sp³-hybridized carbons (Fsp3) is 0.188. The van der Waals surface area contributed by atoms with Gasteiger partial charge in [-0.15, -0.1) is 0 Å². The molecule has 0 saturated heterocycles. The number of nitrogens with zero attached hydrogens (tertiary/aromatic N) is 1. The topological polar surface area (TPSA) is 72.8 Å². The third-order valence-electron chi connectivity index (χ3n) is 3.74. The van der Waals surface area contributed by atoms with Gasteiger partial charge in [-0.2, -0.15) is 0 Å². The van der Waals surface area contributed by atoms with E-state index in [-0.39, 0.29) is 22.4 Å². The first-order valence-corrected chi connectivity index (χ1v) is 7.28. The highest BCUT2D eigenvalue weighted by molar-refractivity contribution is 6.32. The maximum atomic E-state index is 12.6. The van der Waals surface area contributed by atoms with Crippen molar-refractivity contribution in [2.75, 3.05) is 11.9 Å². The third-order valence-corrected chi connectivity index (χ3v) is 4.03. The standard InChI is InChI=1S/C16H15ClN2O3/c1-2-19-15(9-7-11(17)14(21)13(20)8-9)18-12-6-4-3-5-10(12)16(19)22/h3-8,15,18,20-21H,2H2,1H3/t15-/m1/s1. The first-order valence-electron chi connectivity index (χ1n) is 6.90. The smallest absolute Gasteiger partial charge is 0.257 e. The Labute approximate surface area is 132 Å². The summed E-state index contributed by atoms with van der Waals surface area (Å²) in [5, 5.41) is 22.7. The lowest BCUT2D eigenvalue weighted by atomic mass is 10.0. The van der Waals surface area contributed by atoms with Crippen LogP contribution in [0.3, 0.4) is 0 Å². The van der Waals surface area contributed by atoms with Gasteiger partial charge in [0.1, 0.15) is 6.17 Å². The molecule has 1 aliphatic rings. The zero-order valence-corrected chi connectivity index (χ0v) is 12.6. The van der Waals surface area contributed by atoms with Gasteiger partial charge in [0.15, 0.2) is 11.5 Å². The summed E-state index contributed by atoms with van der Waals surface area (Å²) in [6, 6.07) is 10.2. The van der Waals surface area contributed by atoms with E-state index in [0.29, 0.717) is 17.7 Å². The number of phenols is 2. The molecule has 0 unspecified atom stereocenters. The lowest BCUT2D eigenvalue weighted by Crippen LogP contribution is -2.42. The summed E-state index contributed by atoms with van der Waals surface area (Å²) in [7, 11) is 0. The van der Waals surface area contributed by atoms with Crippen molar-refractivity contribution in [1.29, 1.82) is 0 Å². The van der Waals surface area contributed by atoms with Crippen molar-refractivity contribution in [3.05, 3.63) is 52.5 Å². The average molecular weight is 319 g/mol. The van der Waals surface area contributed by atoms with E-state index in [2.05, 4.69) is 5.32 Å². The molecule has 0 fully saturated rings. The lowest BCUT2D eigenvalue weighted by Gasteiger charge is -2.37. The largest absolute Gasteiger partial charge is 0.504 e. The number of hydrogen-bond acceptors (Lipinski definition) is 4. The van der Waals surface area contributed by atoms with Crippen LogP contribution >= 0.6 is 11.6 Å². The molecule has 3 rings (SSSR count). The molecule has 5 nitrogen and oxygen atoms in total. The third kappa shape index (κ3) is 2.23. The van der Waals surface area contributed by atoms with Crippen LogP contribution in [0.15, 0.2) is 36.4 Å². The molecule has 6 heteroatoms. The van der Waals surface area contributed by atoms with Gasteiger partial charge in [0, 0.05) is 17.8 Å². The Balaban J connectivity index is 2.09. The van der Waals surface area contributed by atoms with Gasteiger partial charge in [-0.1, -0.05) is 23.7 Å². The summed E-state index contributed by atoms with van der Waals surface area (Å²) in [4.78, 5) is 14.3. The van der Waals surface area contributed by atoms with Gasteiger partial charge in [-0.05, 0) is 31.2 Å². The summed E-state index contributed by atoms with van der Waals surface area (Å²) in [6.45, 7) is 2.37. The van der Waals surface area contributed by atoms with E-state index in [1.165, 1.54) is 12.1 Å². The highest BCUT2D eigenvalue weighted by atomic mass is 35.5. The molecule has 0 aliphatic carbocycles. The number of carbonyl (C=O) groups excluding carboxylic acids is 1. The molecule has 0 spiro atoms. The van der Waals surface area contributed by atoms with E-state index >= 15 is 0 Å². The van der Waals surface area contributed by atoms with Gasteiger partial charge in [0.25, 0.3) is 5.91 Å². The minimum Gasteiger partial charge on any atom is -0.504 e. The second kappa shape index (κ2) is 5.42. The Morgan fingerprint density at radius 2 is 2.00 bits per heavy atom. The van der Waals surface area contributed by atoms with E-state index in [4.69, 9.17) is 11.6 Å². The van der Waals surface area contributed by atoms with Crippen LogP contribution in [-0.2, 0) is 0 Å². The van der Waals surface area contributed by atoms with E-state index in [1.54, 1.807) is 11.0 Å². The number of halogens is 1. The normalized spacial score (nSPS) is 17.1. The predicted molar refractivity (Wildman–Crippen MR) is 84.3 cm³/mol. The van der Waals surface area contributed by atoms with Crippen molar-refractivity contribution in [3.63, 3.8) is 0 Å². The molecular weight excluding hydrogens is 304 g/mol. The van der Waals surface area contributed by atoms with Crippen LogP contribution in [0.1, 0.15) is 29.0 Å². The summed E-state index contributed by atoms with van der Waals surface area (Å²) >= 11 is 5.92. The highest BCUT2D eigenvalue weighted by Gasteiger charge is 2.32. The molecule has 114 valence electrons. The molecule has 2 aromatic rings. The number of anilines is 1. The van der Waals surface area contributed by atoms with E-state index in [0.717, 1.165) is 5.69 Å². The van der Waals surface area contributed by atoms with Gasteiger partial charge in [0.2, 0.25) is 0 Å². The van der Waals surface area contributed by atoms with Crippen molar-refractivity contribution < 1.29 is 15.0 Å². The Morgan fingerprint density at radius 3 is 2.68 bits per heavy atom. The molecule has 2 aromatic carbocycles. The van der Waals surface area contributed by atoms with Crippen LogP contribution in [0.5, 0.6) is 11.5 Å². The van der Waals surface area contributed by atoms with Crippen LogP contribution in [0.4, 0.5) is 5.69 Å². The number of hydrogen-bond donors (Lipinski definition) is 3. The maximum absolute atomic E-state index is 12.6. The van der Waals surface area contributed by atoms with E-state index < -0.39 is 6.17 Å². The quantitative estimate of drug-likeness (QED) is 0.743. The molecular formula is C16H15ClN2O3. The van der Waals surface area contributed by atoms with Crippen LogP contribution in [0, 0.1) is 0 Å². The van der Waals surface area contributed by atoms with Crippen molar-refractivity contribution >= 4 is 23.2 Å². The average Bonchev–Trinajstić information content (AvgIpc) is 2.52. The molecule has 0 bridgehead atoms. The van der Waals surface area contributed by atoms with E-state index in [9.17, 15) is 15.0 Å². The second-order valence-corrected chi connectivity index (χ2v) is 5.46. The predicted octanol–water partition coefficient (Wildman–Crippen LogP) is 3.34. The number of phenolic OH excluding ortho intramolecular Hbond substituents is 2. The van der Waals surface area contributed by atoms with Gasteiger partial charge in [-0.25, -0.2) is 0 Å². The molecule has 0 saturated carbocycles. The maximum Gasteiger partial charge on any atom is 0.257 e. The molecule has 1 atom stereocenters. The monoisotopic (exact) mass is 318 g/mol. The van der Waals surface area contributed by atoms with Crippen LogP contribution < -0.4 is 5.32 Å². The number of para-hydroxylation sites is 1. The first-order chi connectivity index (χ1) is 10.5. The van der Waals surface area contributed by atoms with Gasteiger partial charge in [-0.3, -0.25) is 4.79 Å². The molecule has 1 aliphatic heterocycles. The number of nitrogens with one attached hydrogen (secondary N) is 1. The molecule has 1 heterocycles. The summed E-state index contributed by atoms with van der Waals surface area (Å²) in [5.74, 6) is -0.770. The van der Waals surface area contributed by atoms with Crippen LogP contribution in [0.25, 0.3) is 0 Å². The fourth-order valence-electron chi connectivity index (χ4n) is 2.64. The number of rotatable bonds is 2. The number of amides is 1. The molecule has 3 N–H and O–H groups in total. The number of aromatic hydroxyl groups is 2. The Bertz CT molecular complexity index is 725. The first kappa shape index (κ1) is 14.5. The lowest BCUT2D eigenvalue weighted by molar-refractivity contribution is 0.0694. The Hall–Kier alpha value is -2.40. The second-order valence-electron chi connectivity index (χ2n) is 5.05. The fourth-order valence-corrected chi connectivity index (χ4v) is 2.87. The van der Waals surface area contributed by atoms with Gasteiger partial charge >= 0.3 is 0 Å². The molecule has 22 heavy (non-hydrogen) atoms. The minimum absolute atomic E-state index is 0.0409. The summed E-state index contributed by atoms with van der Waals surface area (Å²) in [5.41, 5.74) is 1.94. The highest BCUT2D eigenvalue weighted by Crippen LogP contribution is 2.39. The zero-order valence-electron chi connectivity index (χ0n) is 11.9. The van der Waals surface area contributed by atoms with Crippen molar-refractivity contribution in [2.24, 2.45) is 0 Å². The summed E-state index contributed by atoms with van der Waals surface area (Å²) < 4.78 is 0. The Kier molecular flexibility index (Phi) is 3.58. The zero-order chi connectivity index (χ0) is 15.9. The van der Waals surface area contributed by atoms with Crippen molar-refractivity contribution in [3.8, 4) is 11.5 Å². The molecule has 0 aromatic heterocycles. The minimum atomic E-state index is -0.462. The van der Waals surface area contributed by atoms with Crippen molar-refractivity contribution in [1.82, 2.24) is 4.90 Å². The summed E-state index contributed by atoms with van der Waals surface area (Å²) in [6.07, 6.45) is -0.462. The molecule has 1 amide bonds. The number of fused-ring (bicyclic) bond motifs is 1. The Morgan fingerprint density at radius 1 is 1.27 bits per heavy atom. The van der Waals surface area contributed by atoms with Crippen LogP contribution in [0.2, 0.25) is 5.02 Å². The van der Waals surface area contributed by atoms with Gasteiger partial charge < -0.3 is 20.4 Å². The number of benzene rings is 2. The van der Waals surface area contributed by atoms with Gasteiger partial charge in [0.05, 0.1) is 10.6 Å². The van der Waals surface area contributed by atoms with Crippen LogP contribution in [-0.4, -0.2) is 27.6 Å². The number of carbonyl (C=O) groups is 1. The SMILES string of the molecule is CCN1C(=O)c2ccccc2N[C@H]1c1cc(O)c(O)c(Cl)c1. The molecule has 0 radical (unpaired) electrons. The van der Waals surface area contributed by atoms with E-state index in [1.807, 2.05) is 25.1 Å². The van der Waals surface area contributed by atoms with Crippen molar-refractivity contribution in [2.45, 2.75) is 13.1 Å².